The lowest BCUT2D eigenvalue weighted by molar-refractivity contribution is 0.0697. The summed E-state index contributed by atoms with van der Waals surface area (Å²) in [7, 11) is 1.55. The predicted octanol–water partition coefficient (Wildman–Crippen LogP) is 1.91. The Morgan fingerprint density at radius 3 is 2.43 bits per heavy atom. The van der Waals surface area contributed by atoms with E-state index in [0.717, 1.165) is 31.3 Å². The minimum atomic E-state index is -0.931. The topological polar surface area (TPSA) is 65.9 Å². The molecule has 21 heavy (non-hydrogen) atoms. The van der Waals surface area contributed by atoms with Crippen LogP contribution in [0.4, 0.5) is 5.13 Å². The van der Waals surface area contributed by atoms with Gasteiger partial charge in [-0.3, -0.25) is 4.90 Å². The number of hydrogen-bond donors (Lipinski definition) is 1. The van der Waals surface area contributed by atoms with Gasteiger partial charge in [-0.2, -0.15) is 0 Å². The van der Waals surface area contributed by atoms with E-state index in [1.807, 2.05) is 0 Å². The lowest BCUT2D eigenvalue weighted by Crippen LogP contribution is -2.53. The monoisotopic (exact) mass is 313 g/mol. The van der Waals surface area contributed by atoms with Gasteiger partial charge in [0.15, 0.2) is 5.13 Å². The second-order valence-corrected chi connectivity index (χ2v) is 7.13. The van der Waals surface area contributed by atoms with Crippen LogP contribution in [0.3, 0.4) is 0 Å². The van der Waals surface area contributed by atoms with E-state index in [2.05, 4.69) is 35.6 Å². The molecule has 2 heterocycles. The zero-order chi connectivity index (χ0) is 15.6. The molecule has 1 fully saturated rings. The summed E-state index contributed by atoms with van der Waals surface area (Å²) in [6.07, 6.45) is 0. The number of aromatic nitrogens is 1. The van der Waals surface area contributed by atoms with E-state index in [-0.39, 0.29) is 17.0 Å². The van der Waals surface area contributed by atoms with Gasteiger partial charge in [0.2, 0.25) is 0 Å². The van der Waals surface area contributed by atoms with Crippen molar-refractivity contribution < 1.29 is 14.6 Å². The highest BCUT2D eigenvalue weighted by Crippen LogP contribution is 2.28. The van der Waals surface area contributed by atoms with Crippen LogP contribution in [0.15, 0.2) is 0 Å². The Labute approximate surface area is 129 Å². The van der Waals surface area contributed by atoms with Crippen molar-refractivity contribution in [3.8, 4) is 0 Å². The Hall–Kier alpha value is -1.18. The first-order chi connectivity index (χ1) is 9.82. The molecule has 0 unspecified atom stereocenters. The average Bonchev–Trinajstić information content (AvgIpc) is 2.82. The van der Waals surface area contributed by atoms with Crippen LogP contribution in [-0.4, -0.2) is 59.8 Å². The number of methoxy groups -OCH3 is 1. The molecule has 1 aromatic heterocycles. The maximum Gasteiger partial charge on any atom is 0.347 e. The maximum atomic E-state index is 11.3. The number of anilines is 1. The number of hydrogen-bond acceptors (Lipinski definition) is 6. The molecule has 0 atom stereocenters. The maximum absolute atomic E-state index is 11.3. The number of aromatic carboxylic acids is 1. The number of piperazine rings is 1. The first-order valence-electron chi connectivity index (χ1n) is 7.05. The van der Waals surface area contributed by atoms with Gasteiger partial charge in [0.1, 0.15) is 4.88 Å². The minimum Gasteiger partial charge on any atom is -0.477 e. The fourth-order valence-electron chi connectivity index (χ4n) is 2.44. The summed E-state index contributed by atoms with van der Waals surface area (Å²) >= 11 is 1.24. The van der Waals surface area contributed by atoms with E-state index in [0.29, 0.717) is 5.69 Å². The smallest absolute Gasteiger partial charge is 0.347 e. The summed E-state index contributed by atoms with van der Waals surface area (Å²) in [6, 6.07) is 0. The standard InChI is InChI=1S/C14H23N3O3S/c1-14(2,3)17-7-5-16(6-8-17)13-15-10(9-20-4)11(21-13)12(18)19/h5-9H2,1-4H3,(H,18,19). The summed E-state index contributed by atoms with van der Waals surface area (Å²) in [4.78, 5) is 20.6. The predicted molar refractivity (Wildman–Crippen MR) is 83.3 cm³/mol. The van der Waals surface area contributed by atoms with Gasteiger partial charge in [-0.05, 0) is 20.8 Å². The fourth-order valence-corrected chi connectivity index (χ4v) is 3.40. The van der Waals surface area contributed by atoms with Crippen molar-refractivity contribution in [2.45, 2.75) is 32.9 Å². The van der Waals surface area contributed by atoms with Gasteiger partial charge in [0.25, 0.3) is 0 Å². The molecule has 0 aliphatic carbocycles. The first-order valence-corrected chi connectivity index (χ1v) is 7.86. The number of carbonyl (C=O) groups is 1. The van der Waals surface area contributed by atoms with Crippen LogP contribution in [0, 0.1) is 0 Å². The van der Waals surface area contributed by atoms with Crippen molar-refractivity contribution in [3.63, 3.8) is 0 Å². The molecule has 0 spiro atoms. The van der Waals surface area contributed by atoms with Gasteiger partial charge in [0.05, 0.1) is 12.3 Å². The van der Waals surface area contributed by atoms with Crippen molar-refractivity contribution >= 4 is 22.4 Å². The van der Waals surface area contributed by atoms with E-state index in [1.165, 1.54) is 11.3 Å². The molecule has 6 nitrogen and oxygen atoms in total. The van der Waals surface area contributed by atoms with Gasteiger partial charge >= 0.3 is 5.97 Å². The summed E-state index contributed by atoms with van der Waals surface area (Å²) in [5, 5.41) is 10.0. The molecule has 0 aromatic carbocycles. The van der Waals surface area contributed by atoms with Gasteiger partial charge in [-0.25, -0.2) is 9.78 Å². The average molecular weight is 313 g/mol. The third-order valence-electron chi connectivity index (χ3n) is 3.66. The fraction of sp³-hybridized carbons (Fsp3) is 0.714. The van der Waals surface area contributed by atoms with Crippen LogP contribution in [-0.2, 0) is 11.3 Å². The molecule has 2 rings (SSSR count). The lowest BCUT2D eigenvalue weighted by atomic mass is 10.1. The van der Waals surface area contributed by atoms with Crippen LogP contribution in [0.1, 0.15) is 36.1 Å². The Kier molecular flexibility index (Phi) is 4.85. The Morgan fingerprint density at radius 1 is 1.33 bits per heavy atom. The van der Waals surface area contributed by atoms with Crippen molar-refractivity contribution in [1.82, 2.24) is 9.88 Å². The molecule has 7 heteroatoms. The highest BCUT2D eigenvalue weighted by molar-refractivity contribution is 7.17. The summed E-state index contributed by atoms with van der Waals surface area (Å²) < 4.78 is 5.04. The Morgan fingerprint density at radius 2 is 1.95 bits per heavy atom. The van der Waals surface area contributed by atoms with Gasteiger partial charge in [0, 0.05) is 38.8 Å². The minimum absolute atomic E-state index is 0.169. The number of rotatable bonds is 4. The number of carboxylic acid groups (broad SMARTS) is 1. The van der Waals surface area contributed by atoms with Crippen molar-refractivity contribution in [2.75, 3.05) is 38.2 Å². The summed E-state index contributed by atoms with van der Waals surface area (Å²) in [6.45, 7) is 10.5. The van der Waals surface area contributed by atoms with Crippen molar-refractivity contribution in [3.05, 3.63) is 10.6 Å². The Balaban J connectivity index is 2.10. The van der Waals surface area contributed by atoms with E-state index in [1.54, 1.807) is 7.11 Å². The molecule has 1 aromatic rings. The molecule has 0 bridgehead atoms. The molecule has 118 valence electrons. The molecule has 1 saturated heterocycles. The molecule has 1 aliphatic heterocycles. The number of ether oxygens (including phenoxy) is 1. The Bertz CT molecular complexity index is 502. The van der Waals surface area contributed by atoms with Gasteiger partial charge < -0.3 is 14.7 Å². The third-order valence-corrected chi connectivity index (χ3v) is 4.81. The van der Waals surface area contributed by atoms with Crippen molar-refractivity contribution in [2.24, 2.45) is 0 Å². The van der Waals surface area contributed by atoms with Crippen molar-refractivity contribution in [1.29, 1.82) is 0 Å². The van der Waals surface area contributed by atoms with Crippen LogP contribution in [0.25, 0.3) is 0 Å². The molecule has 0 amide bonds. The SMILES string of the molecule is COCc1nc(N2CCN(C(C)(C)C)CC2)sc1C(=O)O. The molecule has 1 N–H and O–H groups in total. The van der Waals surface area contributed by atoms with E-state index in [4.69, 9.17) is 4.74 Å². The van der Waals surface area contributed by atoms with Gasteiger partial charge in [-0.15, -0.1) is 0 Å². The van der Waals surface area contributed by atoms with Gasteiger partial charge in [-0.1, -0.05) is 11.3 Å². The number of carboxylic acids is 1. The number of nitrogens with zero attached hydrogens (tertiary/aromatic N) is 3. The largest absolute Gasteiger partial charge is 0.477 e. The molecule has 0 radical (unpaired) electrons. The second-order valence-electron chi connectivity index (χ2n) is 6.16. The third kappa shape index (κ3) is 3.72. The summed E-state index contributed by atoms with van der Waals surface area (Å²) in [5.74, 6) is -0.931. The quantitative estimate of drug-likeness (QED) is 0.916. The molecular weight excluding hydrogens is 290 g/mol. The highest BCUT2D eigenvalue weighted by atomic mass is 32.1. The normalized spacial score (nSPS) is 17.2. The first kappa shape index (κ1) is 16.2. The molecule has 0 saturated carbocycles. The summed E-state index contributed by atoms with van der Waals surface area (Å²) in [5.41, 5.74) is 0.686. The van der Waals surface area contributed by atoms with Crippen LogP contribution < -0.4 is 4.90 Å². The highest BCUT2D eigenvalue weighted by Gasteiger charge is 2.28. The van der Waals surface area contributed by atoms with E-state index >= 15 is 0 Å². The lowest BCUT2D eigenvalue weighted by Gasteiger charge is -2.42. The van der Waals surface area contributed by atoms with Crippen LogP contribution in [0.5, 0.6) is 0 Å². The molecular formula is C14H23N3O3S. The number of thiazole rings is 1. The van der Waals surface area contributed by atoms with E-state index < -0.39 is 5.97 Å². The van der Waals surface area contributed by atoms with Crippen LogP contribution >= 0.6 is 11.3 Å². The van der Waals surface area contributed by atoms with Crippen LogP contribution in [0.2, 0.25) is 0 Å². The second kappa shape index (κ2) is 6.29. The van der Waals surface area contributed by atoms with E-state index in [9.17, 15) is 9.90 Å². The molecule has 1 aliphatic rings. The zero-order valence-corrected chi connectivity index (χ0v) is 13.9. The zero-order valence-electron chi connectivity index (χ0n) is 13.0.